The van der Waals surface area contributed by atoms with Crippen LogP contribution in [0, 0.1) is 5.92 Å². The van der Waals surface area contributed by atoms with Crippen LogP contribution in [-0.4, -0.2) is 36.0 Å². The molecule has 0 amide bonds. The molecule has 1 aliphatic rings. The zero-order valence-corrected chi connectivity index (χ0v) is 12.6. The summed E-state index contributed by atoms with van der Waals surface area (Å²) in [6, 6.07) is 10.1. The highest BCUT2D eigenvalue weighted by Gasteiger charge is 2.23. The summed E-state index contributed by atoms with van der Waals surface area (Å²) in [5.74, 6) is 1.78. The van der Waals surface area contributed by atoms with Gasteiger partial charge in [0.2, 0.25) is 0 Å². The molecule has 100 valence electrons. The first kappa shape index (κ1) is 13.9. The number of hydrogen-bond donors (Lipinski definition) is 0. The zero-order valence-electron chi connectivity index (χ0n) is 11.0. The van der Waals surface area contributed by atoms with Crippen molar-refractivity contribution in [2.45, 2.75) is 24.6 Å². The third-order valence-electron chi connectivity index (χ3n) is 3.58. The fourth-order valence-electron chi connectivity index (χ4n) is 2.28. The van der Waals surface area contributed by atoms with Gasteiger partial charge in [-0.05, 0) is 37.4 Å². The van der Waals surface area contributed by atoms with Crippen molar-refractivity contribution in [1.29, 1.82) is 0 Å². The van der Waals surface area contributed by atoms with Gasteiger partial charge in [-0.25, -0.2) is 0 Å². The van der Waals surface area contributed by atoms with Crippen LogP contribution in [0.1, 0.15) is 19.8 Å². The third-order valence-corrected chi connectivity index (χ3v) is 4.77. The van der Waals surface area contributed by atoms with Crippen LogP contribution in [0.3, 0.4) is 0 Å². The van der Waals surface area contributed by atoms with E-state index >= 15 is 0 Å². The number of nitrogens with zero attached hydrogens (tertiary/aromatic N) is 1. The highest BCUT2D eigenvalue weighted by molar-refractivity contribution is 9.09. The number of alkyl halides is 1. The standard InChI is InChI=1S/C15H22BrNO/c1-13-8-10-17(12-15(13)16)9-5-11-18-14-6-3-2-4-7-14/h2-4,6-7,13,15H,5,8-12H2,1H3. The van der Waals surface area contributed by atoms with Crippen molar-refractivity contribution < 1.29 is 4.74 Å². The Morgan fingerprint density at radius 2 is 2.11 bits per heavy atom. The Bertz CT molecular complexity index is 344. The number of hydrogen-bond acceptors (Lipinski definition) is 2. The van der Waals surface area contributed by atoms with Gasteiger partial charge in [0.1, 0.15) is 5.75 Å². The van der Waals surface area contributed by atoms with Crippen LogP contribution < -0.4 is 4.74 Å². The second kappa shape index (κ2) is 7.15. The molecule has 2 unspecified atom stereocenters. The molecule has 3 heteroatoms. The predicted octanol–water partition coefficient (Wildman–Crippen LogP) is 3.56. The lowest BCUT2D eigenvalue weighted by molar-refractivity contribution is 0.184. The first-order valence-corrected chi connectivity index (χ1v) is 7.71. The zero-order chi connectivity index (χ0) is 12.8. The van der Waals surface area contributed by atoms with E-state index in [4.69, 9.17) is 4.74 Å². The molecule has 2 rings (SSSR count). The Labute approximate surface area is 118 Å². The summed E-state index contributed by atoms with van der Waals surface area (Å²) in [5.41, 5.74) is 0. The molecule has 0 aromatic heterocycles. The van der Waals surface area contributed by atoms with E-state index in [1.807, 2.05) is 30.3 Å². The number of halogens is 1. The Balaban J connectivity index is 1.61. The third kappa shape index (κ3) is 4.29. The summed E-state index contributed by atoms with van der Waals surface area (Å²) in [6.07, 6.45) is 2.40. The molecule has 0 bridgehead atoms. The number of para-hydroxylation sites is 1. The van der Waals surface area contributed by atoms with Gasteiger partial charge in [0.05, 0.1) is 6.61 Å². The molecule has 2 nitrogen and oxygen atoms in total. The Morgan fingerprint density at radius 3 is 2.83 bits per heavy atom. The number of rotatable bonds is 5. The van der Waals surface area contributed by atoms with Gasteiger partial charge in [-0.1, -0.05) is 41.1 Å². The molecule has 1 aromatic rings. The minimum absolute atomic E-state index is 0.654. The minimum atomic E-state index is 0.654. The molecule has 1 heterocycles. The van der Waals surface area contributed by atoms with Crippen LogP contribution in [0.2, 0.25) is 0 Å². The van der Waals surface area contributed by atoms with Crippen LogP contribution in [0.4, 0.5) is 0 Å². The van der Waals surface area contributed by atoms with Crippen molar-refractivity contribution in [3.63, 3.8) is 0 Å². The number of likely N-dealkylation sites (tertiary alicyclic amines) is 1. The van der Waals surface area contributed by atoms with Gasteiger partial charge in [0.15, 0.2) is 0 Å². The van der Waals surface area contributed by atoms with Crippen molar-refractivity contribution in [2.24, 2.45) is 5.92 Å². The lowest BCUT2D eigenvalue weighted by atomic mass is 9.99. The van der Waals surface area contributed by atoms with E-state index in [0.717, 1.165) is 31.2 Å². The second-order valence-corrected chi connectivity index (χ2v) is 6.27. The van der Waals surface area contributed by atoms with Gasteiger partial charge >= 0.3 is 0 Å². The molecule has 1 aromatic carbocycles. The first-order valence-electron chi connectivity index (χ1n) is 6.80. The number of piperidine rings is 1. The average Bonchev–Trinajstić information content (AvgIpc) is 2.40. The first-order chi connectivity index (χ1) is 8.75. The summed E-state index contributed by atoms with van der Waals surface area (Å²) in [5, 5.41) is 0. The van der Waals surface area contributed by atoms with Crippen LogP contribution in [0.25, 0.3) is 0 Å². The quantitative estimate of drug-likeness (QED) is 0.609. The van der Waals surface area contributed by atoms with E-state index in [9.17, 15) is 0 Å². The summed E-state index contributed by atoms with van der Waals surface area (Å²) < 4.78 is 5.71. The highest BCUT2D eigenvalue weighted by Crippen LogP contribution is 2.23. The molecule has 18 heavy (non-hydrogen) atoms. The van der Waals surface area contributed by atoms with Gasteiger partial charge < -0.3 is 9.64 Å². The van der Waals surface area contributed by atoms with E-state index in [1.165, 1.54) is 19.5 Å². The summed E-state index contributed by atoms with van der Waals surface area (Å²) in [7, 11) is 0. The highest BCUT2D eigenvalue weighted by atomic mass is 79.9. The molecular formula is C15H22BrNO. The van der Waals surface area contributed by atoms with Crippen molar-refractivity contribution >= 4 is 15.9 Å². The lowest BCUT2D eigenvalue weighted by Crippen LogP contribution is -2.40. The Morgan fingerprint density at radius 1 is 1.33 bits per heavy atom. The van der Waals surface area contributed by atoms with Crippen LogP contribution in [0.5, 0.6) is 5.75 Å². The average molecular weight is 312 g/mol. The fourth-order valence-corrected chi connectivity index (χ4v) is 2.96. The Hall–Kier alpha value is -0.540. The molecule has 0 N–H and O–H groups in total. The summed E-state index contributed by atoms with van der Waals surface area (Å²) in [6.45, 7) is 6.68. The minimum Gasteiger partial charge on any atom is -0.494 e. The van der Waals surface area contributed by atoms with Gasteiger partial charge in [0.25, 0.3) is 0 Å². The molecule has 1 saturated heterocycles. The molecule has 2 atom stereocenters. The molecule has 0 saturated carbocycles. The van der Waals surface area contributed by atoms with E-state index in [-0.39, 0.29) is 0 Å². The number of ether oxygens (including phenoxy) is 1. The lowest BCUT2D eigenvalue weighted by Gasteiger charge is -2.34. The Kier molecular flexibility index (Phi) is 5.51. The maximum Gasteiger partial charge on any atom is 0.119 e. The normalized spacial score (nSPS) is 25.0. The van der Waals surface area contributed by atoms with Gasteiger partial charge in [0, 0.05) is 17.9 Å². The second-order valence-electron chi connectivity index (χ2n) is 5.10. The van der Waals surface area contributed by atoms with Crippen LogP contribution in [0.15, 0.2) is 30.3 Å². The molecule has 0 spiro atoms. The van der Waals surface area contributed by atoms with Gasteiger partial charge in [-0.3, -0.25) is 0 Å². The molecular weight excluding hydrogens is 290 g/mol. The van der Waals surface area contributed by atoms with E-state index in [2.05, 4.69) is 27.8 Å². The molecule has 0 aliphatic carbocycles. The van der Waals surface area contributed by atoms with Crippen LogP contribution in [-0.2, 0) is 0 Å². The van der Waals surface area contributed by atoms with Gasteiger partial charge in [-0.2, -0.15) is 0 Å². The number of benzene rings is 1. The molecule has 1 fully saturated rings. The van der Waals surface area contributed by atoms with Crippen molar-refractivity contribution in [2.75, 3.05) is 26.2 Å². The van der Waals surface area contributed by atoms with Crippen molar-refractivity contribution in [3.05, 3.63) is 30.3 Å². The van der Waals surface area contributed by atoms with Crippen molar-refractivity contribution in [1.82, 2.24) is 4.90 Å². The SMILES string of the molecule is CC1CCN(CCCOc2ccccc2)CC1Br. The molecule has 1 aliphatic heterocycles. The van der Waals surface area contributed by atoms with E-state index < -0.39 is 0 Å². The van der Waals surface area contributed by atoms with Crippen LogP contribution >= 0.6 is 15.9 Å². The maximum absolute atomic E-state index is 5.71. The maximum atomic E-state index is 5.71. The monoisotopic (exact) mass is 311 g/mol. The summed E-state index contributed by atoms with van der Waals surface area (Å²) in [4.78, 5) is 3.19. The topological polar surface area (TPSA) is 12.5 Å². The predicted molar refractivity (Wildman–Crippen MR) is 79.5 cm³/mol. The van der Waals surface area contributed by atoms with Crippen molar-refractivity contribution in [3.8, 4) is 5.75 Å². The summed E-state index contributed by atoms with van der Waals surface area (Å²) >= 11 is 3.77. The van der Waals surface area contributed by atoms with Gasteiger partial charge in [-0.15, -0.1) is 0 Å². The van der Waals surface area contributed by atoms with E-state index in [0.29, 0.717) is 4.83 Å². The molecule has 0 radical (unpaired) electrons. The fraction of sp³-hybridized carbons (Fsp3) is 0.600. The largest absolute Gasteiger partial charge is 0.494 e. The smallest absolute Gasteiger partial charge is 0.119 e. The van der Waals surface area contributed by atoms with E-state index in [1.54, 1.807) is 0 Å².